The van der Waals surface area contributed by atoms with Crippen LogP contribution in [0, 0.1) is 6.92 Å². The van der Waals surface area contributed by atoms with E-state index in [9.17, 15) is 0 Å². The van der Waals surface area contributed by atoms with Crippen LogP contribution in [-0.2, 0) is 25.9 Å². The Labute approximate surface area is 160 Å². The first kappa shape index (κ1) is 17.8. The van der Waals surface area contributed by atoms with Crippen molar-refractivity contribution in [2.24, 2.45) is 0 Å². The Morgan fingerprint density at radius 1 is 1.11 bits per heavy atom. The fraction of sp³-hybridized carbons (Fsp3) is 0.476. The average Bonchev–Trinajstić information content (AvgIpc) is 3.16. The molecular formula is C21H28N6. The third-order valence-electron chi connectivity index (χ3n) is 5.32. The molecule has 0 unspecified atom stereocenters. The standard InChI is InChI=1S/C21H28N6/c1-3-9-19-17(14-23-27(19)18-11-7-6-10-16(18)2)22-15-21-25-24-20-12-5-4-8-13-26(20)21/h6-7,10-11,14,22H,3-5,8-9,12-13,15H2,1-2H3. The fourth-order valence-electron chi connectivity index (χ4n) is 3.86. The zero-order valence-corrected chi connectivity index (χ0v) is 16.3. The molecule has 27 heavy (non-hydrogen) atoms. The van der Waals surface area contributed by atoms with Crippen molar-refractivity contribution in [1.29, 1.82) is 0 Å². The average molecular weight is 364 g/mol. The lowest BCUT2D eigenvalue weighted by molar-refractivity contribution is 0.610. The zero-order valence-electron chi connectivity index (χ0n) is 16.3. The van der Waals surface area contributed by atoms with Gasteiger partial charge in [-0.2, -0.15) is 5.10 Å². The Morgan fingerprint density at radius 2 is 2.00 bits per heavy atom. The highest BCUT2D eigenvalue weighted by atomic mass is 15.3. The van der Waals surface area contributed by atoms with Gasteiger partial charge in [0, 0.05) is 13.0 Å². The predicted octanol–water partition coefficient (Wildman–Crippen LogP) is 4.06. The van der Waals surface area contributed by atoms with Gasteiger partial charge in [-0.15, -0.1) is 10.2 Å². The molecule has 1 aliphatic rings. The van der Waals surface area contributed by atoms with Crippen molar-refractivity contribution in [3.63, 3.8) is 0 Å². The Kier molecular flexibility index (Phi) is 5.23. The minimum atomic E-state index is 0.684. The summed E-state index contributed by atoms with van der Waals surface area (Å²) >= 11 is 0. The summed E-state index contributed by atoms with van der Waals surface area (Å²) in [5.41, 5.74) is 4.69. The van der Waals surface area contributed by atoms with E-state index in [4.69, 9.17) is 0 Å². The zero-order chi connectivity index (χ0) is 18.6. The molecule has 6 nitrogen and oxygen atoms in total. The van der Waals surface area contributed by atoms with E-state index in [0.717, 1.165) is 48.8 Å². The van der Waals surface area contributed by atoms with Crippen LogP contribution in [0.4, 0.5) is 5.69 Å². The molecule has 0 aliphatic carbocycles. The Morgan fingerprint density at radius 3 is 2.85 bits per heavy atom. The molecule has 0 amide bonds. The van der Waals surface area contributed by atoms with Gasteiger partial charge in [-0.25, -0.2) is 4.68 Å². The SMILES string of the molecule is CCCc1c(NCc2nnc3n2CCCCC3)cnn1-c1ccccc1C. The molecule has 1 N–H and O–H groups in total. The van der Waals surface area contributed by atoms with Gasteiger partial charge in [0.15, 0.2) is 5.82 Å². The summed E-state index contributed by atoms with van der Waals surface area (Å²) in [6, 6.07) is 8.39. The van der Waals surface area contributed by atoms with Crippen LogP contribution in [0.5, 0.6) is 0 Å². The number of hydrogen-bond acceptors (Lipinski definition) is 4. The topological polar surface area (TPSA) is 60.6 Å². The van der Waals surface area contributed by atoms with Gasteiger partial charge in [0.2, 0.25) is 0 Å². The summed E-state index contributed by atoms with van der Waals surface area (Å²) in [6.45, 7) is 6.05. The number of nitrogens with zero attached hydrogens (tertiary/aromatic N) is 5. The van der Waals surface area contributed by atoms with E-state index in [2.05, 4.69) is 68.0 Å². The van der Waals surface area contributed by atoms with Crippen molar-refractivity contribution in [3.05, 3.63) is 53.4 Å². The van der Waals surface area contributed by atoms with Gasteiger partial charge in [-0.3, -0.25) is 0 Å². The van der Waals surface area contributed by atoms with Crippen molar-refractivity contribution in [2.45, 2.75) is 65.5 Å². The number of aryl methyl sites for hydroxylation is 2. The normalized spacial score (nSPS) is 14.0. The molecule has 4 rings (SSSR count). The highest BCUT2D eigenvalue weighted by Gasteiger charge is 2.17. The first-order valence-corrected chi connectivity index (χ1v) is 10.1. The molecule has 3 heterocycles. The fourth-order valence-corrected chi connectivity index (χ4v) is 3.86. The highest BCUT2D eigenvalue weighted by molar-refractivity contribution is 5.52. The van der Waals surface area contributed by atoms with Gasteiger partial charge in [-0.05, 0) is 37.8 Å². The molecule has 0 radical (unpaired) electrons. The number of aromatic nitrogens is 5. The molecule has 1 aromatic carbocycles. The maximum absolute atomic E-state index is 4.68. The second-order valence-electron chi connectivity index (χ2n) is 7.30. The van der Waals surface area contributed by atoms with Gasteiger partial charge >= 0.3 is 0 Å². The van der Waals surface area contributed by atoms with Crippen LogP contribution < -0.4 is 5.32 Å². The van der Waals surface area contributed by atoms with Crippen LogP contribution >= 0.6 is 0 Å². The van der Waals surface area contributed by atoms with Crippen LogP contribution in [0.2, 0.25) is 0 Å². The number of benzene rings is 1. The second-order valence-corrected chi connectivity index (χ2v) is 7.30. The third-order valence-corrected chi connectivity index (χ3v) is 5.32. The summed E-state index contributed by atoms with van der Waals surface area (Å²) in [5, 5.41) is 17.1. The maximum Gasteiger partial charge on any atom is 0.152 e. The number of anilines is 1. The lowest BCUT2D eigenvalue weighted by Crippen LogP contribution is -2.11. The summed E-state index contributed by atoms with van der Waals surface area (Å²) < 4.78 is 4.37. The third kappa shape index (κ3) is 3.61. The van der Waals surface area contributed by atoms with E-state index in [1.165, 1.54) is 30.5 Å². The van der Waals surface area contributed by atoms with Crippen LogP contribution in [0.25, 0.3) is 5.69 Å². The Hall–Kier alpha value is -2.63. The van der Waals surface area contributed by atoms with Crippen molar-refractivity contribution in [3.8, 4) is 5.69 Å². The van der Waals surface area contributed by atoms with E-state index in [1.54, 1.807) is 0 Å². The van der Waals surface area contributed by atoms with Gasteiger partial charge in [0.25, 0.3) is 0 Å². The molecule has 2 aromatic heterocycles. The predicted molar refractivity (Wildman–Crippen MR) is 107 cm³/mol. The number of para-hydroxylation sites is 1. The monoisotopic (exact) mass is 364 g/mol. The van der Waals surface area contributed by atoms with Crippen LogP contribution in [0.15, 0.2) is 30.5 Å². The molecule has 0 spiro atoms. The van der Waals surface area contributed by atoms with Gasteiger partial charge in [0.1, 0.15) is 5.82 Å². The molecule has 142 valence electrons. The quantitative estimate of drug-likeness (QED) is 0.716. The van der Waals surface area contributed by atoms with E-state index in [-0.39, 0.29) is 0 Å². The van der Waals surface area contributed by atoms with Gasteiger partial charge in [0.05, 0.1) is 29.8 Å². The summed E-state index contributed by atoms with van der Waals surface area (Å²) in [6.07, 6.45) is 8.75. The molecule has 6 heteroatoms. The lowest BCUT2D eigenvalue weighted by atomic mass is 10.1. The highest BCUT2D eigenvalue weighted by Crippen LogP contribution is 2.24. The minimum Gasteiger partial charge on any atom is -0.375 e. The van der Waals surface area contributed by atoms with E-state index in [1.807, 2.05) is 6.20 Å². The van der Waals surface area contributed by atoms with E-state index >= 15 is 0 Å². The second kappa shape index (κ2) is 7.94. The van der Waals surface area contributed by atoms with Gasteiger partial charge < -0.3 is 9.88 Å². The number of fused-ring (bicyclic) bond motifs is 1. The molecule has 0 bridgehead atoms. The van der Waals surface area contributed by atoms with Crippen molar-refractivity contribution in [1.82, 2.24) is 24.5 Å². The molecule has 0 atom stereocenters. The number of rotatable bonds is 6. The molecule has 0 saturated heterocycles. The van der Waals surface area contributed by atoms with Crippen molar-refractivity contribution in [2.75, 3.05) is 5.32 Å². The first-order chi connectivity index (χ1) is 13.3. The number of nitrogens with one attached hydrogen (secondary N) is 1. The summed E-state index contributed by atoms with van der Waals surface area (Å²) in [4.78, 5) is 0. The van der Waals surface area contributed by atoms with E-state index < -0.39 is 0 Å². The summed E-state index contributed by atoms with van der Waals surface area (Å²) in [7, 11) is 0. The number of hydrogen-bond donors (Lipinski definition) is 1. The molecular weight excluding hydrogens is 336 g/mol. The molecule has 0 fully saturated rings. The Bertz CT molecular complexity index is 907. The van der Waals surface area contributed by atoms with E-state index in [0.29, 0.717) is 6.54 Å². The largest absolute Gasteiger partial charge is 0.375 e. The molecule has 0 saturated carbocycles. The lowest BCUT2D eigenvalue weighted by Gasteiger charge is -2.12. The maximum atomic E-state index is 4.68. The molecule has 1 aliphatic heterocycles. The van der Waals surface area contributed by atoms with Crippen LogP contribution in [0.1, 0.15) is 55.5 Å². The van der Waals surface area contributed by atoms with Crippen LogP contribution in [-0.4, -0.2) is 24.5 Å². The first-order valence-electron chi connectivity index (χ1n) is 10.1. The van der Waals surface area contributed by atoms with Crippen molar-refractivity contribution >= 4 is 5.69 Å². The molecule has 3 aromatic rings. The Balaban J connectivity index is 1.58. The van der Waals surface area contributed by atoms with Crippen LogP contribution in [0.3, 0.4) is 0 Å². The minimum absolute atomic E-state index is 0.684. The smallest absolute Gasteiger partial charge is 0.152 e. The van der Waals surface area contributed by atoms with Crippen molar-refractivity contribution < 1.29 is 0 Å². The summed E-state index contributed by atoms with van der Waals surface area (Å²) in [5.74, 6) is 2.16. The van der Waals surface area contributed by atoms with Gasteiger partial charge in [-0.1, -0.05) is 38.0 Å².